The lowest BCUT2D eigenvalue weighted by molar-refractivity contribution is -0.144. The van der Waals surface area contributed by atoms with Crippen LogP contribution in [0.4, 0.5) is 0 Å². The van der Waals surface area contributed by atoms with Crippen molar-refractivity contribution in [2.24, 2.45) is 17.4 Å². The number of carbonyl (C=O) groups is 5. The zero-order valence-corrected chi connectivity index (χ0v) is 19.7. The van der Waals surface area contributed by atoms with Gasteiger partial charge < -0.3 is 42.7 Å². The highest BCUT2D eigenvalue weighted by Crippen LogP contribution is 2.12. The molecular formula is C22H33N5O8. The molecule has 10 N–H and O–H groups in total. The van der Waals surface area contributed by atoms with Crippen LogP contribution in [-0.4, -0.2) is 75.2 Å². The third-order valence-electron chi connectivity index (χ3n) is 5.10. The highest BCUT2D eigenvalue weighted by Gasteiger charge is 2.33. The number of carboxylic acid groups (broad SMARTS) is 1. The first-order chi connectivity index (χ1) is 16.2. The Labute approximate surface area is 202 Å². The molecule has 5 atom stereocenters. The van der Waals surface area contributed by atoms with Crippen molar-refractivity contribution in [1.82, 2.24) is 16.0 Å². The molecule has 13 heteroatoms. The lowest BCUT2D eigenvalue weighted by Gasteiger charge is -2.27. The number of nitrogens with one attached hydrogen (secondary N) is 3. The van der Waals surface area contributed by atoms with Crippen molar-refractivity contribution >= 4 is 29.6 Å². The van der Waals surface area contributed by atoms with E-state index in [4.69, 9.17) is 11.5 Å². The van der Waals surface area contributed by atoms with Gasteiger partial charge in [0.05, 0.1) is 12.5 Å². The number of aliphatic carboxylic acids is 1. The Kier molecular flexibility index (Phi) is 11.1. The third kappa shape index (κ3) is 9.59. The highest BCUT2D eigenvalue weighted by atomic mass is 16.4. The van der Waals surface area contributed by atoms with Gasteiger partial charge in [-0.3, -0.25) is 19.2 Å². The first-order valence-electron chi connectivity index (χ1n) is 10.9. The molecule has 13 nitrogen and oxygen atoms in total. The molecule has 1 aromatic rings. The molecule has 0 radical (unpaired) electrons. The van der Waals surface area contributed by atoms with E-state index in [-0.39, 0.29) is 12.2 Å². The Hall–Kier alpha value is -3.71. The maximum atomic E-state index is 13.1. The van der Waals surface area contributed by atoms with E-state index in [2.05, 4.69) is 16.0 Å². The number of aliphatic hydroxyl groups excluding tert-OH is 1. The number of phenols is 1. The normalized spacial score (nSPS) is 15.3. The summed E-state index contributed by atoms with van der Waals surface area (Å²) >= 11 is 0. The molecule has 35 heavy (non-hydrogen) atoms. The molecule has 4 amide bonds. The molecule has 0 aromatic heterocycles. The number of benzene rings is 1. The average Bonchev–Trinajstić information content (AvgIpc) is 2.76. The van der Waals surface area contributed by atoms with E-state index in [1.807, 2.05) is 0 Å². The topological polar surface area (TPSA) is 234 Å². The van der Waals surface area contributed by atoms with E-state index in [9.17, 15) is 39.3 Å². The van der Waals surface area contributed by atoms with E-state index in [1.165, 1.54) is 31.2 Å². The summed E-state index contributed by atoms with van der Waals surface area (Å²) in [5, 5.41) is 35.4. The number of hydrogen-bond donors (Lipinski definition) is 8. The first-order valence-corrected chi connectivity index (χ1v) is 10.9. The molecule has 0 saturated heterocycles. The minimum Gasteiger partial charge on any atom is -0.508 e. The zero-order valence-electron chi connectivity index (χ0n) is 19.7. The van der Waals surface area contributed by atoms with E-state index in [1.54, 1.807) is 13.8 Å². The number of primary amides is 1. The zero-order chi connectivity index (χ0) is 26.9. The van der Waals surface area contributed by atoms with Gasteiger partial charge in [-0.15, -0.1) is 0 Å². The number of carboxylic acids is 1. The summed E-state index contributed by atoms with van der Waals surface area (Å²) in [6, 6.07) is 0.489. The van der Waals surface area contributed by atoms with Crippen molar-refractivity contribution in [3.05, 3.63) is 29.8 Å². The highest BCUT2D eigenvalue weighted by molar-refractivity contribution is 5.95. The number of rotatable bonds is 13. The van der Waals surface area contributed by atoms with Gasteiger partial charge in [0.2, 0.25) is 23.6 Å². The van der Waals surface area contributed by atoms with Gasteiger partial charge in [-0.05, 0) is 30.5 Å². The van der Waals surface area contributed by atoms with Crippen molar-refractivity contribution in [2.45, 2.75) is 63.9 Å². The fourth-order valence-electron chi connectivity index (χ4n) is 3.02. The van der Waals surface area contributed by atoms with Crippen LogP contribution < -0.4 is 27.4 Å². The Morgan fingerprint density at radius 3 is 1.89 bits per heavy atom. The fourth-order valence-corrected chi connectivity index (χ4v) is 3.02. The van der Waals surface area contributed by atoms with E-state index < -0.39 is 72.2 Å². The van der Waals surface area contributed by atoms with Gasteiger partial charge in [-0.1, -0.05) is 26.0 Å². The average molecular weight is 496 g/mol. The minimum atomic E-state index is -1.59. The smallest absolute Gasteiger partial charge is 0.326 e. The van der Waals surface area contributed by atoms with Crippen LogP contribution >= 0.6 is 0 Å². The summed E-state index contributed by atoms with van der Waals surface area (Å²) in [5.41, 5.74) is 11.3. The Bertz CT molecular complexity index is 919. The summed E-state index contributed by atoms with van der Waals surface area (Å²) in [5.74, 6) is -5.37. The lowest BCUT2D eigenvalue weighted by atomic mass is 10.00. The summed E-state index contributed by atoms with van der Waals surface area (Å²) < 4.78 is 0. The van der Waals surface area contributed by atoms with Crippen LogP contribution in [0.25, 0.3) is 0 Å². The predicted molar refractivity (Wildman–Crippen MR) is 124 cm³/mol. The van der Waals surface area contributed by atoms with E-state index >= 15 is 0 Å². The molecule has 0 saturated carbocycles. The second-order valence-electron chi connectivity index (χ2n) is 8.50. The van der Waals surface area contributed by atoms with Gasteiger partial charge in [-0.25, -0.2) is 4.79 Å². The molecule has 1 rings (SSSR count). The van der Waals surface area contributed by atoms with Crippen LogP contribution in [-0.2, 0) is 30.4 Å². The monoisotopic (exact) mass is 495 g/mol. The molecule has 0 aliphatic carbocycles. The minimum absolute atomic E-state index is 0.00426. The number of phenolic OH excluding ortho intramolecular Hbond substituents is 1. The number of nitrogens with two attached hydrogens (primary N) is 2. The predicted octanol–water partition coefficient (Wildman–Crippen LogP) is -2.29. The first kappa shape index (κ1) is 29.3. The summed E-state index contributed by atoms with van der Waals surface area (Å²) in [7, 11) is 0. The molecule has 5 unspecified atom stereocenters. The largest absolute Gasteiger partial charge is 0.508 e. The van der Waals surface area contributed by atoms with Crippen LogP contribution in [0.15, 0.2) is 24.3 Å². The maximum Gasteiger partial charge on any atom is 0.326 e. The van der Waals surface area contributed by atoms with Crippen LogP contribution in [0.1, 0.15) is 32.8 Å². The van der Waals surface area contributed by atoms with Crippen molar-refractivity contribution in [3.63, 3.8) is 0 Å². The van der Waals surface area contributed by atoms with Crippen molar-refractivity contribution in [2.75, 3.05) is 0 Å². The Balaban J connectivity index is 3.11. The SMILES string of the molecule is CC(C)C(NC(=O)C(Cc1ccc(O)cc1)NC(=O)C(N)C(C)O)C(=O)NC(CC(N)=O)C(=O)O. The number of hydrogen-bond acceptors (Lipinski definition) is 8. The summed E-state index contributed by atoms with van der Waals surface area (Å²) in [6.07, 6.45) is -1.88. The number of aliphatic hydroxyl groups is 1. The molecule has 0 bridgehead atoms. The Morgan fingerprint density at radius 2 is 1.43 bits per heavy atom. The van der Waals surface area contributed by atoms with Crippen molar-refractivity contribution < 1.29 is 39.3 Å². The Morgan fingerprint density at radius 1 is 0.886 bits per heavy atom. The maximum absolute atomic E-state index is 13.1. The molecule has 194 valence electrons. The molecule has 0 aliphatic rings. The number of carbonyl (C=O) groups excluding carboxylic acids is 4. The standard InChI is InChI=1S/C22H33N5O8/c1-10(2)18(21(33)26-15(22(34)35)9-16(23)30)27-19(31)14(25-20(32)17(24)11(3)28)8-12-4-6-13(29)7-5-12/h4-7,10-11,14-15,17-18,28-29H,8-9,24H2,1-3H3,(H2,23,30)(H,25,32)(H,26,33)(H,27,31)(H,34,35). The second kappa shape index (κ2) is 13.2. The molecule has 0 heterocycles. The molecule has 0 aliphatic heterocycles. The second-order valence-corrected chi connectivity index (χ2v) is 8.50. The summed E-state index contributed by atoms with van der Waals surface area (Å²) in [6.45, 7) is 4.51. The quantitative estimate of drug-likeness (QED) is 0.147. The van der Waals surface area contributed by atoms with Gasteiger partial charge in [0.1, 0.15) is 29.9 Å². The van der Waals surface area contributed by atoms with Gasteiger partial charge in [0.15, 0.2) is 0 Å². The third-order valence-corrected chi connectivity index (χ3v) is 5.10. The van der Waals surface area contributed by atoms with Crippen LogP contribution in [0.3, 0.4) is 0 Å². The molecule has 1 aromatic carbocycles. The van der Waals surface area contributed by atoms with Crippen molar-refractivity contribution in [1.29, 1.82) is 0 Å². The fraction of sp³-hybridized carbons (Fsp3) is 0.500. The molecular weight excluding hydrogens is 462 g/mol. The van der Waals surface area contributed by atoms with E-state index in [0.717, 1.165) is 0 Å². The lowest BCUT2D eigenvalue weighted by Crippen LogP contribution is -2.59. The van der Waals surface area contributed by atoms with Crippen molar-refractivity contribution in [3.8, 4) is 5.75 Å². The van der Waals surface area contributed by atoms with E-state index in [0.29, 0.717) is 5.56 Å². The molecule has 0 spiro atoms. The number of aromatic hydroxyl groups is 1. The van der Waals surface area contributed by atoms with Crippen LogP contribution in [0.2, 0.25) is 0 Å². The van der Waals surface area contributed by atoms with Gasteiger partial charge in [-0.2, -0.15) is 0 Å². The van der Waals surface area contributed by atoms with Crippen LogP contribution in [0.5, 0.6) is 5.75 Å². The van der Waals surface area contributed by atoms with Gasteiger partial charge in [0, 0.05) is 6.42 Å². The molecule has 0 fully saturated rings. The van der Waals surface area contributed by atoms with Gasteiger partial charge >= 0.3 is 5.97 Å². The van der Waals surface area contributed by atoms with Gasteiger partial charge in [0.25, 0.3) is 0 Å². The van der Waals surface area contributed by atoms with Crippen LogP contribution in [0, 0.1) is 5.92 Å². The number of amides is 4. The summed E-state index contributed by atoms with van der Waals surface area (Å²) in [4.78, 5) is 60.7.